The van der Waals surface area contributed by atoms with Crippen LogP contribution in [0.25, 0.3) is 0 Å². The van der Waals surface area contributed by atoms with Gasteiger partial charge in [-0.15, -0.1) is 0 Å². The van der Waals surface area contributed by atoms with Crippen molar-refractivity contribution in [3.05, 3.63) is 0 Å². The maximum Gasteiger partial charge on any atom is 0.293 e. The summed E-state index contributed by atoms with van der Waals surface area (Å²) in [6.45, 7) is 6.68. The van der Waals surface area contributed by atoms with Crippen LogP contribution in [0.5, 0.6) is 0 Å². The summed E-state index contributed by atoms with van der Waals surface area (Å²) in [5.74, 6) is -1.22. The van der Waals surface area contributed by atoms with Crippen molar-refractivity contribution in [2.45, 2.75) is 58.5 Å². The molecule has 0 aromatic rings. The molecule has 0 rings (SSSR count). The molecule has 0 heterocycles. The number of carbonyl (C=O) groups is 4. The minimum atomic E-state index is -0.780. The van der Waals surface area contributed by atoms with Crippen molar-refractivity contribution in [3.8, 4) is 0 Å². The van der Waals surface area contributed by atoms with Crippen molar-refractivity contribution >= 4 is 30.5 Å². The highest BCUT2D eigenvalue weighted by molar-refractivity contribution is 5.89. The van der Waals surface area contributed by atoms with Crippen molar-refractivity contribution in [1.29, 1.82) is 0 Å². The Morgan fingerprint density at radius 1 is 1.06 bits per heavy atom. The lowest BCUT2D eigenvalue weighted by atomic mass is 9.94. The molecule has 178 valence electrons. The van der Waals surface area contributed by atoms with E-state index in [1.54, 1.807) is 6.92 Å². The highest BCUT2D eigenvalue weighted by atomic mass is 16.5. The number of nitrogens with zero attached hydrogens (tertiary/aromatic N) is 1. The molecule has 4 atom stereocenters. The fraction of sp³-hybridized carbons (Fsp3) is 0.750. The Balaban J connectivity index is 4.92. The van der Waals surface area contributed by atoms with Crippen LogP contribution in [-0.4, -0.2) is 62.3 Å². The number of nitrogens with one attached hydrogen (secondary N) is 2. The van der Waals surface area contributed by atoms with Gasteiger partial charge in [-0.2, -0.15) is 0 Å². The lowest BCUT2D eigenvalue weighted by Crippen LogP contribution is -2.51. The molecule has 0 aliphatic carbocycles. The molecular formula is C20H38N6O5. The van der Waals surface area contributed by atoms with Crippen LogP contribution in [0.4, 0.5) is 0 Å². The van der Waals surface area contributed by atoms with Crippen molar-refractivity contribution < 1.29 is 23.9 Å². The quantitative estimate of drug-likeness (QED) is 0.0821. The Kier molecular flexibility index (Phi) is 14.7. The average Bonchev–Trinajstić information content (AvgIpc) is 2.71. The standard InChI is InChI=1S/C20H38N6O5/c1-13(2)7-17(19(30)25-16(10-27)5-4-6-24-20(22)23)26-18(29)14(3)8-15(9-21)11-31-12-28/h10,12-17H,4-9,11,21H2,1-3H3,(H,25,30)(H,26,29)(H4,22,23,24). The monoisotopic (exact) mass is 442 g/mol. The molecule has 31 heavy (non-hydrogen) atoms. The molecule has 2 amide bonds. The van der Waals surface area contributed by atoms with Gasteiger partial charge in [0.25, 0.3) is 6.47 Å². The van der Waals surface area contributed by atoms with E-state index in [0.29, 0.717) is 45.0 Å². The largest absolute Gasteiger partial charge is 0.468 e. The van der Waals surface area contributed by atoms with Crippen LogP contribution in [-0.2, 0) is 23.9 Å². The minimum Gasteiger partial charge on any atom is -0.468 e. The molecule has 0 radical (unpaired) electrons. The van der Waals surface area contributed by atoms with E-state index in [-0.39, 0.29) is 36.9 Å². The number of ether oxygens (including phenoxy) is 1. The molecule has 0 aliphatic rings. The average molecular weight is 443 g/mol. The van der Waals surface area contributed by atoms with Crippen LogP contribution in [0.3, 0.4) is 0 Å². The molecule has 0 aromatic heterocycles. The first-order valence-corrected chi connectivity index (χ1v) is 10.5. The Labute approximate surface area is 183 Å². The molecule has 11 nitrogen and oxygen atoms in total. The van der Waals surface area contributed by atoms with Gasteiger partial charge in [-0.3, -0.25) is 19.4 Å². The van der Waals surface area contributed by atoms with Gasteiger partial charge < -0.3 is 37.4 Å². The number of nitrogens with two attached hydrogens (primary N) is 3. The third-order valence-corrected chi connectivity index (χ3v) is 4.67. The van der Waals surface area contributed by atoms with Crippen LogP contribution in [0.15, 0.2) is 4.99 Å². The zero-order valence-corrected chi connectivity index (χ0v) is 18.7. The number of aliphatic imine (C=N–C) groups is 1. The molecule has 0 saturated carbocycles. The van der Waals surface area contributed by atoms with Gasteiger partial charge in [0.05, 0.1) is 12.6 Å². The van der Waals surface area contributed by atoms with Gasteiger partial charge in [-0.1, -0.05) is 20.8 Å². The summed E-state index contributed by atoms with van der Waals surface area (Å²) >= 11 is 0. The van der Waals surface area contributed by atoms with Crippen molar-refractivity contribution in [2.24, 2.45) is 39.9 Å². The first kappa shape index (κ1) is 28.3. The topological polar surface area (TPSA) is 192 Å². The Bertz CT molecular complexity index is 595. The fourth-order valence-corrected chi connectivity index (χ4v) is 3.01. The van der Waals surface area contributed by atoms with E-state index in [4.69, 9.17) is 21.9 Å². The van der Waals surface area contributed by atoms with E-state index < -0.39 is 23.9 Å². The van der Waals surface area contributed by atoms with E-state index in [1.165, 1.54) is 0 Å². The molecule has 0 aliphatic heterocycles. The Morgan fingerprint density at radius 3 is 2.26 bits per heavy atom. The number of amides is 2. The molecule has 11 heteroatoms. The summed E-state index contributed by atoms with van der Waals surface area (Å²) in [4.78, 5) is 50.9. The van der Waals surface area contributed by atoms with Crippen LogP contribution in [0, 0.1) is 17.8 Å². The van der Waals surface area contributed by atoms with Gasteiger partial charge in [0, 0.05) is 18.4 Å². The van der Waals surface area contributed by atoms with E-state index in [9.17, 15) is 19.2 Å². The molecule has 0 bridgehead atoms. The van der Waals surface area contributed by atoms with E-state index in [0.717, 1.165) is 0 Å². The van der Waals surface area contributed by atoms with Gasteiger partial charge in [0.1, 0.15) is 12.3 Å². The molecule has 8 N–H and O–H groups in total. The number of rotatable bonds is 17. The van der Waals surface area contributed by atoms with E-state index in [2.05, 4.69) is 15.6 Å². The SMILES string of the molecule is CC(C)CC(NC(=O)C(C)CC(CN)COC=O)C(=O)NC(C=O)CCCN=C(N)N. The summed E-state index contributed by atoms with van der Waals surface area (Å²) in [5, 5.41) is 5.44. The van der Waals surface area contributed by atoms with Gasteiger partial charge in [-0.25, -0.2) is 0 Å². The summed E-state index contributed by atoms with van der Waals surface area (Å²) in [7, 11) is 0. The second-order valence-electron chi connectivity index (χ2n) is 8.06. The maximum absolute atomic E-state index is 12.7. The summed E-state index contributed by atoms with van der Waals surface area (Å²) in [6, 6.07) is -1.48. The number of hydrogen-bond acceptors (Lipinski definition) is 7. The van der Waals surface area contributed by atoms with Crippen LogP contribution >= 0.6 is 0 Å². The molecule has 0 fully saturated rings. The lowest BCUT2D eigenvalue weighted by Gasteiger charge is -2.25. The number of hydrogen-bond donors (Lipinski definition) is 5. The normalized spacial score (nSPS) is 14.6. The second kappa shape index (κ2) is 16.1. The predicted octanol–water partition coefficient (Wildman–Crippen LogP) is -0.971. The number of carbonyl (C=O) groups excluding carboxylic acids is 4. The molecule has 0 spiro atoms. The third kappa shape index (κ3) is 13.3. The maximum atomic E-state index is 12.7. The Morgan fingerprint density at radius 2 is 1.74 bits per heavy atom. The summed E-state index contributed by atoms with van der Waals surface area (Å²) < 4.78 is 4.74. The minimum absolute atomic E-state index is 0.0323. The zero-order valence-electron chi connectivity index (χ0n) is 18.7. The van der Waals surface area contributed by atoms with Crippen molar-refractivity contribution in [1.82, 2.24) is 10.6 Å². The van der Waals surface area contributed by atoms with Gasteiger partial charge in [0.15, 0.2) is 5.96 Å². The number of guanidine groups is 1. The summed E-state index contributed by atoms with van der Waals surface area (Å²) in [5.41, 5.74) is 16.2. The van der Waals surface area contributed by atoms with Crippen LogP contribution in [0.2, 0.25) is 0 Å². The Hall–Kier alpha value is -2.69. The van der Waals surface area contributed by atoms with Gasteiger partial charge >= 0.3 is 0 Å². The van der Waals surface area contributed by atoms with Crippen LogP contribution < -0.4 is 27.8 Å². The smallest absolute Gasteiger partial charge is 0.293 e. The highest BCUT2D eigenvalue weighted by Crippen LogP contribution is 2.14. The van der Waals surface area contributed by atoms with Crippen molar-refractivity contribution in [2.75, 3.05) is 19.7 Å². The van der Waals surface area contributed by atoms with E-state index >= 15 is 0 Å². The van der Waals surface area contributed by atoms with Gasteiger partial charge in [0.2, 0.25) is 11.8 Å². The first-order valence-electron chi connectivity index (χ1n) is 10.5. The molecule has 0 saturated heterocycles. The third-order valence-electron chi connectivity index (χ3n) is 4.67. The predicted molar refractivity (Wildman–Crippen MR) is 118 cm³/mol. The molecule has 0 aromatic carbocycles. The lowest BCUT2D eigenvalue weighted by molar-refractivity contribution is -0.133. The van der Waals surface area contributed by atoms with Crippen molar-refractivity contribution in [3.63, 3.8) is 0 Å². The highest BCUT2D eigenvalue weighted by Gasteiger charge is 2.27. The second-order valence-corrected chi connectivity index (χ2v) is 8.06. The molecular weight excluding hydrogens is 404 g/mol. The number of aldehydes is 1. The molecule has 4 unspecified atom stereocenters. The van der Waals surface area contributed by atoms with Crippen LogP contribution in [0.1, 0.15) is 46.5 Å². The zero-order chi connectivity index (χ0) is 23.8. The summed E-state index contributed by atoms with van der Waals surface area (Å²) in [6.07, 6.45) is 2.37. The van der Waals surface area contributed by atoms with Gasteiger partial charge in [-0.05, 0) is 38.1 Å². The fourth-order valence-electron chi connectivity index (χ4n) is 3.01. The van der Waals surface area contributed by atoms with E-state index in [1.807, 2.05) is 13.8 Å². The first-order chi connectivity index (χ1) is 14.6.